The van der Waals surface area contributed by atoms with E-state index in [1.54, 1.807) is 24.4 Å². The zero-order chi connectivity index (χ0) is 14.1. The van der Waals surface area contributed by atoms with Crippen LogP contribution in [0.4, 0.5) is 5.82 Å². The Bertz CT molecular complexity index is 777. The Hall–Kier alpha value is -2.81. The molecule has 0 radical (unpaired) electrons. The number of rotatable bonds is 4. The standard InChI is InChI=1S/C11H10N6O3/c18-7-8-5-15(14-13-8)6-9-11(17(19)20)16-4-2-1-3-10(16)12-9/h1-5,18H,6-7H2. The van der Waals surface area contributed by atoms with Crippen molar-refractivity contribution in [2.24, 2.45) is 0 Å². The van der Waals surface area contributed by atoms with Crippen LogP contribution in [0.1, 0.15) is 11.4 Å². The molecule has 9 heteroatoms. The van der Waals surface area contributed by atoms with E-state index in [9.17, 15) is 10.1 Å². The smallest absolute Gasteiger partial charge is 0.353 e. The Morgan fingerprint density at radius 2 is 2.25 bits per heavy atom. The van der Waals surface area contributed by atoms with Crippen LogP contribution < -0.4 is 0 Å². The summed E-state index contributed by atoms with van der Waals surface area (Å²) < 4.78 is 2.82. The normalized spacial score (nSPS) is 11.1. The van der Waals surface area contributed by atoms with Crippen molar-refractivity contribution in [3.8, 4) is 0 Å². The minimum absolute atomic E-state index is 0.0957. The fraction of sp³-hybridized carbons (Fsp3) is 0.182. The molecule has 0 unspecified atom stereocenters. The van der Waals surface area contributed by atoms with Crippen molar-refractivity contribution in [2.75, 3.05) is 0 Å². The van der Waals surface area contributed by atoms with Gasteiger partial charge in [-0.15, -0.1) is 5.10 Å². The molecule has 0 atom stereocenters. The number of hydrogen-bond donors (Lipinski definition) is 1. The van der Waals surface area contributed by atoms with Crippen molar-refractivity contribution in [3.63, 3.8) is 0 Å². The molecule has 3 aromatic rings. The number of pyridine rings is 1. The van der Waals surface area contributed by atoms with E-state index < -0.39 is 4.92 Å². The van der Waals surface area contributed by atoms with Crippen LogP contribution >= 0.6 is 0 Å². The molecule has 3 rings (SSSR count). The van der Waals surface area contributed by atoms with Gasteiger partial charge in [0.2, 0.25) is 5.65 Å². The maximum atomic E-state index is 11.2. The molecule has 0 aromatic carbocycles. The summed E-state index contributed by atoms with van der Waals surface area (Å²) in [6.45, 7) is -0.113. The lowest BCUT2D eigenvalue weighted by Gasteiger charge is -1.98. The summed E-state index contributed by atoms with van der Waals surface area (Å²) >= 11 is 0. The van der Waals surface area contributed by atoms with Gasteiger partial charge in [0.05, 0.1) is 25.5 Å². The predicted molar refractivity (Wildman–Crippen MR) is 66.9 cm³/mol. The number of hydrogen-bond acceptors (Lipinski definition) is 6. The van der Waals surface area contributed by atoms with E-state index in [0.29, 0.717) is 11.3 Å². The highest BCUT2D eigenvalue weighted by molar-refractivity contribution is 5.48. The molecule has 0 fully saturated rings. The fourth-order valence-corrected chi connectivity index (χ4v) is 1.97. The molecule has 0 aliphatic carbocycles. The van der Waals surface area contributed by atoms with E-state index in [-0.39, 0.29) is 24.7 Å². The SMILES string of the molecule is O=[N+]([O-])c1c(Cn2cc(CO)nn2)nc2ccccn12. The van der Waals surface area contributed by atoms with Crippen LogP contribution in [0.3, 0.4) is 0 Å². The summed E-state index contributed by atoms with van der Waals surface area (Å²) in [5.74, 6) is -0.0957. The summed E-state index contributed by atoms with van der Waals surface area (Å²) in [5.41, 5.74) is 1.18. The van der Waals surface area contributed by atoms with Crippen LogP contribution in [0.2, 0.25) is 0 Å². The number of fused-ring (bicyclic) bond motifs is 1. The maximum absolute atomic E-state index is 11.2. The van der Waals surface area contributed by atoms with Gasteiger partial charge in [0.15, 0.2) is 5.69 Å². The zero-order valence-corrected chi connectivity index (χ0v) is 10.2. The van der Waals surface area contributed by atoms with Crippen LogP contribution in [0.15, 0.2) is 30.6 Å². The minimum atomic E-state index is -0.473. The number of imidazole rings is 1. The molecular formula is C11H10N6O3. The van der Waals surface area contributed by atoms with E-state index in [0.717, 1.165) is 0 Å². The van der Waals surface area contributed by atoms with E-state index >= 15 is 0 Å². The van der Waals surface area contributed by atoms with Gasteiger partial charge in [0.1, 0.15) is 5.69 Å². The summed E-state index contributed by atoms with van der Waals surface area (Å²) in [6.07, 6.45) is 3.11. The molecule has 0 aliphatic rings. The minimum Gasteiger partial charge on any atom is -0.390 e. The number of aliphatic hydroxyl groups excluding tert-OH is 1. The average molecular weight is 274 g/mol. The van der Waals surface area contributed by atoms with Crippen LogP contribution in [-0.2, 0) is 13.2 Å². The molecule has 0 aliphatic heterocycles. The zero-order valence-electron chi connectivity index (χ0n) is 10.2. The molecule has 9 nitrogen and oxygen atoms in total. The average Bonchev–Trinajstić information content (AvgIpc) is 3.02. The molecule has 1 N–H and O–H groups in total. The highest BCUT2D eigenvalue weighted by atomic mass is 16.6. The first-order chi connectivity index (χ1) is 9.69. The van der Waals surface area contributed by atoms with Gasteiger partial charge in [0, 0.05) is 6.07 Å². The van der Waals surface area contributed by atoms with Crippen molar-refractivity contribution < 1.29 is 10.0 Å². The molecule has 20 heavy (non-hydrogen) atoms. The van der Waals surface area contributed by atoms with Gasteiger partial charge in [-0.3, -0.25) is 0 Å². The number of nitrogens with zero attached hydrogens (tertiary/aromatic N) is 6. The molecule has 3 aromatic heterocycles. The third-order valence-electron chi connectivity index (χ3n) is 2.81. The van der Waals surface area contributed by atoms with Gasteiger partial charge in [-0.25, -0.2) is 9.67 Å². The number of aliphatic hydroxyl groups is 1. The Labute approximate surface area is 112 Å². The highest BCUT2D eigenvalue weighted by Crippen LogP contribution is 2.21. The van der Waals surface area contributed by atoms with Crippen molar-refractivity contribution in [1.29, 1.82) is 0 Å². The van der Waals surface area contributed by atoms with Crippen molar-refractivity contribution in [3.05, 3.63) is 52.1 Å². The third kappa shape index (κ3) is 1.99. The second-order valence-corrected chi connectivity index (χ2v) is 4.13. The fourth-order valence-electron chi connectivity index (χ4n) is 1.97. The lowest BCUT2D eigenvalue weighted by molar-refractivity contribution is -0.391. The summed E-state index contributed by atoms with van der Waals surface area (Å²) in [5, 5.41) is 27.6. The van der Waals surface area contributed by atoms with Gasteiger partial charge < -0.3 is 15.2 Å². The maximum Gasteiger partial charge on any atom is 0.353 e. The number of aromatic nitrogens is 5. The predicted octanol–water partition coefficient (Wildman–Crippen LogP) is 0.375. The Morgan fingerprint density at radius 1 is 1.40 bits per heavy atom. The van der Waals surface area contributed by atoms with Gasteiger partial charge >= 0.3 is 5.82 Å². The van der Waals surface area contributed by atoms with Gasteiger partial charge in [0.25, 0.3) is 0 Å². The van der Waals surface area contributed by atoms with Crippen LogP contribution in [0.25, 0.3) is 5.65 Å². The molecule has 0 amide bonds. The van der Waals surface area contributed by atoms with Gasteiger partial charge in [-0.1, -0.05) is 11.3 Å². The lowest BCUT2D eigenvalue weighted by Crippen LogP contribution is -2.04. The summed E-state index contributed by atoms with van der Waals surface area (Å²) in [6, 6.07) is 5.15. The topological polar surface area (TPSA) is 111 Å². The molecule has 0 bridgehead atoms. The largest absolute Gasteiger partial charge is 0.390 e. The van der Waals surface area contributed by atoms with E-state index in [4.69, 9.17) is 5.11 Å². The first kappa shape index (κ1) is 12.2. The second-order valence-electron chi connectivity index (χ2n) is 4.13. The lowest BCUT2D eigenvalue weighted by atomic mass is 10.4. The number of nitro groups is 1. The molecule has 3 heterocycles. The highest BCUT2D eigenvalue weighted by Gasteiger charge is 2.22. The molecule has 102 valence electrons. The van der Waals surface area contributed by atoms with Gasteiger partial charge in [-0.2, -0.15) is 4.40 Å². The van der Waals surface area contributed by atoms with E-state index in [1.807, 2.05) is 0 Å². The first-order valence-corrected chi connectivity index (χ1v) is 5.79. The van der Waals surface area contributed by atoms with Crippen LogP contribution in [-0.4, -0.2) is 34.4 Å². The van der Waals surface area contributed by atoms with Crippen molar-refractivity contribution in [2.45, 2.75) is 13.2 Å². The Morgan fingerprint density at radius 3 is 2.95 bits per heavy atom. The second kappa shape index (κ2) is 4.70. The van der Waals surface area contributed by atoms with Crippen LogP contribution in [0, 0.1) is 10.1 Å². The molecular weight excluding hydrogens is 264 g/mol. The molecule has 0 saturated carbocycles. The van der Waals surface area contributed by atoms with Gasteiger partial charge in [-0.05, 0) is 11.0 Å². The van der Waals surface area contributed by atoms with E-state index in [1.165, 1.54) is 15.3 Å². The molecule has 0 spiro atoms. The summed E-state index contributed by atoms with van der Waals surface area (Å²) in [4.78, 5) is 15.0. The van der Waals surface area contributed by atoms with Crippen LogP contribution in [0.5, 0.6) is 0 Å². The quantitative estimate of drug-likeness (QED) is 0.543. The Kier molecular flexibility index (Phi) is 2.88. The van der Waals surface area contributed by atoms with Crippen molar-refractivity contribution in [1.82, 2.24) is 24.4 Å². The summed E-state index contributed by atoms with van der Waals surface area (Å²) in [7, 11) is 0. The van der Waals surface area contributed by atoms with Crippen molar-refractivity contribution >= 4 is 11.5 Å². The monoisotopic (exact) mass is 274 g/mol. The van der Waals surface area contributed by atoms with E-state index in [2.05, 4.69) is 15.3 Å². The Balaban J connectivity index is 2.06. The molecule has 0 saturated heterocycles. The first-order valence-electron chi connectivity index (χ1n) is 5.79. The third-order valence-corrected chi connectivity index (χ3v) is 2.81.